The Kier molecular flexibility index (Phi) is 3.72. The van der Waals surface area contributed by atoms with Gasteiger partial charge < -0.3 is 4.74 Å². The van der Waals surface area contributed by atoms with Gasteiger partial charge in [-0.05, 0) is 23.5 Å². The zero-order valence-corrected chi connectivity index (χ0v) is 10.4. The summed E-state index contributed by atoms with van der Waals surface area (Å²) >= 11 is 0. The lowest BCUT2D eigenvalue weighted by atomic mass is 9.99. The summed E-state index contributed by atoms with van der Waals surface area (Å²) in [5.41, 5.74) is 1.30. The molecule has 1 aromatic rings. The maximum atomic E-state index is 5.64. The van der Waals surface area contributed by atoms with Crippen molar-refractivity contribution in [3.63, 3.8) is 0 Å². The molecule has 0 bridgehead atoms. The zero-order chi connectivity index (χ0) is 11.5. The van der Waals surface area contributed by atoms with E-state index in [9.17, 15) is 0 Å². The van der Waals surface area contributed by atoms with Crippen LogP contribution in [0.4, 0.5) is 0 Å². The van der Waals surface area contributed by atoms with Crippen LogP contribution in [-0.2, 0) is 0 Å². The molecule has 0 fully saturated rings. The summed E-state index contributed by atoms with van der Waals surface area (Å²) in [6.45, 7) is 11.5. The molecular weight excluding hydrogens is 186 g/mol. The smallest absolute Gasteiger partial charge is 0.137 e. The van der Waals surface area contributed by atoms with Gasteiger partial charge in [-0.15, -0.1) is 0 Å². The fraction of sp³-hybridized carbons (Fsp3) is 0.615. The highest BCUT2D eigenvalue weighted by Crippen LogP contribution is 2.18. The minimum absolute atomic E-state index is 0.191. The van der Waals surface area contributed by atoms with Crippen LogP contribution in [0, 0.1) is 5.41 Å². The van der Waals surface area contributed by atoms with E-state index in [0.717, 1.165) is 18.1 Å². The molecule has 0 N–H and O–H groups in total. The number of aromatic nitrogens is 1. The molecular formula is C13H21NO. The van der Waals surface area contributed by atoms with Crippen molar-refractivity contribution in [3.05, 3.63) is 24.0 Å². The molecule has 0 saturated heterocycles. The molecule has 0 aliphatic heterocycles. The van der Waals surface area contributed by atoms with E-state index in [2.05, 4.69) is 39.6 Å². The summed E-state index contributed by atoms with van der Waals surface area (Å²) in [6.07, 6.45) is 1.81. The number of nitrogens with zero attached hydrogens (tertiary/aromatic N) is 1. The second kappa shape index (κ2) is 4.65. The van der Waals surface area contributed by atoms with Gasteiger partial charge in [0.15, 0.2) is 0 Å². The molecule has 1 rings (SSSR count). The lowest BCUT2D eigenvalue weighted by Gasteiger charge is -2.18. The third-order valence-corrected chi connectivity index (χ3v) is 2.02. The first-order chi connectivity index (χ1) is 6.88. The monoisotopic (exact) mass is 207 g/mol. The third kappa shape index (κ3) is 4.32. The predicted octanol–water partition coefficient (Wildman–Crippen LogP) is 3.63. The Hall–Kier alpha value is -1.05. The molecule has 2 heteroatoms. The maximum Gasteiger partial charge on any atom is 0.137 e. The third-order valence-electron chi connectivity index (χ3n) is 2.02. The van der Waals surface area contributed by atoms with E-state index in [1.165, 1.54) is 0 Å². The highest BCUT2D eigenvalue weighted by atomic mass is 16.5. The van der Waals surface area contributed by atoms with Crippen LogP contribution < -0.4 is 4.74 Å². The van der Waals surface area contributed by atoms with E-state index in [1.54, 1.807) is 6.20 Å². The van der Waals surface area contributed by atoms with Gasteiger partial charge in [-0.3, -0.25) is 4.98 Å². The predicted molar refractivity (Wildman–Crippen MR) is 63.3 cm³/mol. The Morgan fingerprint density at radius 3 is 2.33 bits per heavy atom. The molecule has 0 spiro atoms. The Balaban J connectivity index is 2.57. The van der Waals surface area contributed by atoms with E-state index in [4.69, 9.17) is 4.74 Å². The molecule has 15 heavy (non-hydrogen) atoms. The van der Waals surface area contributed by atoms with Crippen molar-refractivity contribution in [3.8, 4) is 5.75 Å². The second-order valence-corrected chi connectivity index (χ2v) is 5.42. The van der Waals surface area contributed by atoms with Gasteiger partial charge in [-0.1, -0.05) is 34.6 Å². The molecule has 2 nitrogen and oxygen atoms in total. The maximum absolute atomic E-state index is 5.64. The largest absolute Gasteiger partial charge is 0.491 e. The summed E-state index contributed by atoms with van der Waals surface area (Å²) in [5, 5.41) is 0. The molecule has 84 valence electrons. The zero-order valence-electron chi connectivity index (χ0n) is 10.4. The van der Waals surface area contributed by atoms with E-state index >= 15 is 0 Å². The summed E-state index contributed by atoms with van der Waals surface area (Å²) in [5.74, 6) is 1.33. The Labute approximate surface area is 92.7 Å². The van der Waals surface area contributed by atoms with Crippen LogP contribution in [0.2, 0.25) is 0 Å². The van der Waals surface area contributed by atoms with Crippen LogP contribution in [0.15, 0.2) is 18.3 Å². The van der Waals surface area contributed by atoms with E-state index < -0.39 is 0 Å². The average molecular weight is 207 g/mol. The van der Waals surface area contributed by atoms with Gasteiger partial charge in [0.1, 0.15) is 5.75 Å². The average Bonchev–Trinajstić information content (AvgIpc) is 2.14. The normalized spacial score (nSPS) is 11.9. The van der Waals surface area contributed by atoms with E-state index in [1.807, 2.05) is 12.1 Å². The van der Waals surface area contributed by atoms with Gasteiger partial charge in [0, 0.05) is 5.69 Å². The Morgan fingerprint density at radius 1 is 1.27 bits per heavy atom. The highest BCUT2D eigenvalue weighted by molar-refractivity contribution is 5.21. The quantitative estimate of drug-likeness (QED) is 0.755. The van der Waals surface area contributed by atoms with Gasteiger partial charge in [-0.25, -0.2) is 0 Å². The van der Waals surface area contributed by atoms with Gasteiger partial charge in [-0.2, -0.15) is 0 Å². The first-order valence-corrected chi connectivity index (χ1v) is 5.47. The number of rotatable bonds is 3. The minimum Gasteiger partial charge on any atom is -0.491 e. The van der Waals surface area contributed by atoms with Crippen molar-refractivity contribution >= 4 is 0 Å². The molecule has 0 atom stereocenters. The van der Waals surface area contributed by atoms with E-state index in [-0.39, 0.29) is 5.41 Å². The molecule has 0 amide bonds. The van der Waals surface area contributed by atoms with Crippen LogP contribution in [-0.4, -0.2) is 11.6 Å². The lowest BCUT2D eigenvalue weighted by Crippen LogP contribution is -2.16. The van der Waals surface area contributed by atoms with Crippen molar-refractivity contribution < 1.29 is 4.74 Å². The molecule has 0 aliphatic carbocycles. The van der Waals surface area contributed by atoms with Crippen molar-refractivity contribution in [1.82, 2.24) is 4.98 Å². The fourth-order valence-electron chi connectivity index (χ4n) is 1.12. The minimum atomic E-state index is 0.191. The van der Waals surface area contributed by atoms with Gasteiger partial charge in [0.2, 0.25) is 0 Å². The molecule has 1 heterocycles. The van der Waals surface area contributed by atoms with Crippen LogP contribution in [0.25, 0.3) is 0 Å². The topological polar surface area (TPSA) is 22.1 Å². The molecule has 1 aromatic heterocycles. The summed E-state index contributed by atoms with van der Waals surface area (Å²) < 4.78 is 5.64. The molecule has 0 aliphatic rings. The second-order valence-electron chi connectivity index (χ2n) is 5.42. The first-order valence-electron chi connectivity index (χ1n) is 5.47. The molecule has 0 saturated carbocycles. The van der Waals surface area contributed by atoms with Crippen molar-refractivity contribution in [2.75, 3.05) is 6.61 Å². The summed E-state index contributed by atoms with van der Waals surface area (Å²) in [4.78, 5) is 4.35. The van der Waals surface area contributed by atoms with Crippen molar-refractivity contribution in [1.29, 1.82) is 0 Å². The molecule has 0 radical (unpaired) electrons. The SMILES string of the molecule is CC(C)c1ccc(OCC(C)(C)C)cn1. The summed E-state index contributed by atoms with van der Waals surface area (Å²) in [6, 6.07) is 4.02. The Morgan fingerprint density at radius 2 is 1.93 bits per heavy atom. The van der Waals surface area contributed by atoms with Crippen LogP contribution in [0.3, 0.4) is 0 Å². The van der Waals surface area contributed by atoms with Crippen LogP contribution in [0.5, 0.6) is 5.75 Å². The number of ether oxygens (including phenoxy) is 1. The highest BCUT2D eigenvalue weighted by Gasteiger charge is 2.11. The summed E-state index contributed by atoms with van der Waals surface area (Å²) in [7, 11) is 0. The van der Waals surface area contributed by atoms with Crippen LogP contribution in [0.1, 0.15) is 46.2 Å². The lowest BCUT2D eigenvalue weighted by molar-refractivity contribution is 0.197. The van der Waals surface area contributed by atoms with Gasteiger partial charge >= 0.3 is 0 Å². The first kappa shape index (κ1) is 12.0. The Bertz CT molecular complexity index is 295. The number of hydrogen-bond donors (Lipinski definition) is 0. The fourth-order valence-corrected chi connectivity index (χ4v) is 1.12. The van der Waals surface area contributed by atoms with Crippen LogP contribution >= 0.6 is 0 Å². The number of hydrogen-bond acceptors (Lipinski definition) is 2. The van der Waals surface area contributed by atoms with Gasteiger partial charge in [0.05, 0.1) is 12.8 Å². The standard InChI is InChI=1S/C13H21NO/c1-10(2)12-7-6-11(8-14-12)15-9-13(3,4)5/h6-8,10H,9H2,1-5H3. The van der Waals surface area contributed by atoms with E-state index in [0.29, 0.717) is 5.92 Å². The van der Waals surface area contributed by atoms with Crippen molar-refractivity contribution in [2.45, 2.75) is 40.5 Å². The van der Waals surface area contributed by atoms with Gasteiger partial charge in [0.25, 0.3) is 0 Å². The number of pyridine rings is 1. The van der Waals surface area contributed by atoms with Crippen molar-refractivity contribution in [2.24, 2.45) is 5.41 Å². The molecule has 0 unspecified atom stereocenters. The molecule has 0 aromatic carbocycles.